The van der Waals surface area contributed by atoms with Crippen molar-refractivity contribution in [3.05, 3.63) is 64.7 Å². The fourth-order valence-corrected chi connectivity index (χ4v) is 4.55. The number of fused-ring (bicyclic) bond motifs is 2. The molecule has 1 fully saturated rings. The lowest BCUT2D eigenvalue weighted by Gasteiger charge is -2.20. The Morgan fingerprint density at radius 2 is 2.10 bits per heavy atom. The van der Waals surface area contributed by atoms with Crippen molar-refractivity contribution in [2.75, 3.05) is 11.9 Å². The summed E-state index contributed by atoms with van der Waals surface area (Å²) in [6.45, 7) is 0.269. The van der Waals surface area contributed by atoms with Gasteiger partial charge < -0.3 is 20.0 Å². The van der Waals surface area contributed by atoms with Crippen LogP contribution in [0.4, 0.5) is 5.69 Å². The first-order chi connectivity index (χ1) is 14.1. The number of nitrogens with one attached hydrogen (secondary N) is 2. The molecule has 29 heavy (non-hydrogen) atoms. The molecular weight excluding hydrogens is 390 g/mol. The SMILES string of the molecule is O=C(N[C@H]1C[C@H]2C(=O)Nc3ccc(-c4ccsc4)cc3C(=O)N2C1)c1ccco1. The molecule has 2 N–H and O–H groups in total. The van der Waals surface area contributed by atoms with Crippen LogP contribution in [0.15, 0.2) is 57.8 Å². The summed E-state index contributed by atoms with van der Waals surface area (Å²) < 4.78 is 5.11. The first-order valence-corrected chi connectivity index (χ1v) is 10.2. The summed E-state index contributed by atoms with van der Waals surface area (Å²) >= 11 is 1.58. The van der Waals surface area contributed by atoms with Crippen LogP contribution in [0.5, 0.6) is 0 Å². The van der Waals surface area contributed by atoms with Crippen molar-refractivity contribution in [1.29, 1.82) is 0 Å². The zero-order chi connectivity index (χ0) is 20.0. The van der Waals surface area contributed by atoms with Crippen LogP contribution in [0.3, 0.4) is 0 Å². The topological polar surface area (TPSA) is 91.7 Å². The number of anilines is 1. The molecule has 0 spiro atoms. The number of rotatable bonds is 3. The van der Waals surface area contributed by atoms with E-state index in [2.05, 4.69) is 10.6 Å². The molecule has 2 aliphatic heterocycles. The minimum atomic E-state index is -0.624. The number of nitrogens with zero attached hydrogens (tertiary/aromatic N) is 1. The van der Waals surface area contributed by atoms with Gasteiger partial charge in [0.05, 0.1) is 17.5 Å². The van der Waals surface area contributed by atoms with Gasteiger partial charge in [0.1, 0.15) is 6.04 Å². The molecule has 0 bridgehead atoms. The molecule has 0 unspecified atom stereocenters. The second-order valence-electron chi connectivity index (χ2n) is 7.12. The van der Waals surface area contributed by atoms with Gasteiger partial charge in [0, 0.05) is 12.6 Å². The Hall–Kier alpha value is -3.39. The quantitative estimate of drug-likeness (QED) is 0.698. The van der Waals surface area contributed by atoms with Gasteiger partial charge in [-0.3, -0.25) is 14.4 Å². The average Bonchev–Trinajstić information content (AvgIpc) is 3.47. The largest absolute Gasteiger partial charge is 0.459 e. The average molecular weight is 407 g/mol. The molecule has 0 radical (unpaired) electrons. The van der Waals surface area contributed by atoms with Gasteiger partial charge in [0.25, 0.3) is 11.8 Å². The molecule has 2 atom stereocenters. The normalized spacial score (nSPS) is 20.6. The lowest BCUT2D eigenvalue weighted by Crippen LogP contribution is -2.41. The molecule has 3 aromatic rings. The smallest absolute Gasteiger partial charge is 0.287 e. The van der Waals surface area contributed by atoms with Crippen LogP contribution < -0.4 is 10.6 Å². The number of carbonyl (C=O) groups is 3. The predicted octanol–water partition coefficient (Wildman–Crippen LogP) is 2.97. The summed E-state index contributed by atoms with van der Waals surface area (Å²) in [6, 6.07) is 9.74. The van der Waals surface area contributed by atoms with E-state index in [1.54, 1.807) is 34.4 Å². The third-order valence-electron chi connectivity index (χ3n) is 5.31. The van der Waals surface area contributed by atoms with E-state index in [9.17, 15) is 14.4 Å². The van der Waals surface area contributed by atoms with Gasteiger partial charge in [0.2, 0.25) is 5.91 Å². The Labute approximate surface area is 170 Å². The summed E-state index contributed by atoms with van der Waals surface area (Å²) in [5.41, 5.74) is 2.93. The number of furan rings is 1. The summed E-state index contributed by atoms with van der Waals surface area (Å²) in [6.07, 6.45) is 1.78. The molecule has 2 aliphatic rings. The Bertz CT molecular complexity index is 1090. The van der Waals surface area contributed by atoms with Crippen LogP contribution in [-0.4, -0.2) is 41.2 Å². The molecular formula is C21H17N3O4S. The van der Waals surface area contributed by atoms with Gasteiger partial charge in [-0.2, -0.15) is 11.3 Å². The van der Waals surface area contributed by atoms with E-state index in [4.69, 9.17) is 4.42 Å². The lowest BCUT2D eigenvalue weighted by atomic mass is 10.0. The van der Waals surface area contributed by atoms with Crippen LogP contribution in [0.1, 0.15) is 27.3 Å². The molecule has 7 nitrogen and oxygen atoms in total. The highest BCUT2D eigenvalue weighted by molar-refractivity contribution is 7.08. The van der Waals surface area contributed by atoms with E-state index in [-0.39, 0.29) is 36.1 Å². The maximum atomic E-state index is 13.3. The number of hydrogen-bond donors (Lipinski definition) is 2. The van der Waals surface area contributed by atoms with E-state index in [0.717, 1.165) is 11.1 Å². The molecule has 0 aliphatic carbocycles. The second kappa shape index (κ2) is 6.89. The molecule has 2 aromatic heterocycles. The van der Waals surface area contributed by atoms with Gasteiger partial charge in [-0.05, 0) is 58.6 Å². The fraction of sp³-hybridized carbons (Fsp3) is 0.190. The number of thiophene rings is 1. The highest BCUT2D eigenvalue weighted by Crippen LogP contribution is 2.32. The van der Waals surface area contributed by atoms with E-state index >= 15 is 0 Å². The van der Waals surface area contributed by atoms with Gasteiger partial charge in [0.15, 0.2) is 5.76 Å². The van der Waals surface area contributed by atoms with Gasteiger partial charge in [-0.15, -0.1) is 0 Å². The van der Waals surface area contributed by atoms with Crippen molar-refractivity contribution < 1.29 is 18.8 Å². The van der Waals surface area contributed by atoms with Crippen molar-refractivity contribution >= 4 is 34.7 Å². The number of carbonyl (C=O) groups excluding carboxylic acids is 3. The molecule has 0 saturated carbocycles. The van der Waals surface area contributed by atoms with Crippen LogP contribution >= 0.6 is 11.3 Å². The van der Waals surface area contributed by atoms with Gasteiger partial charge in [-0.1, -0.05) is 6.07 Å². The van der Waals surface area contributed by atoms with Gasteiger partial charge >= 0.3 is 0 Å². The highest BCUT2D eigenvalue weighted by atomic mass is 32.1. The zero-order valence-corrected chi connectivity index (χ0v) is 16.1. The van der Waals surface area contributed by atoms with Crippen LogP contribution in [0, 0.1) is 0 Å². The standard InChI is InChI=1S/C21H17N3O4S/c25-19-17-9-14(22-20(26)18-2-1-6-28-18)10-24(17)21(27)15-8-12(3-4-16(15)23-19)13-5-7-29-11-13/h1-8,11,14,17H,9-10H2,(H,22,26)(H,23,25)/t14-,17-/m0/s1. The second-order valence-corrected chi connectivity index (χ2v) is 7.90. The Kier molecular flexibility index (Phi) is 4.21. The fourth-order valence-electron chi connectivity index (χ4n) is 3.89. The van der Waals surface area contributed by atoms with Crippen molar-refractivity contribution in [3.8, 4) is 11.1 Å². The first-order valence-electron chi connectivity index (χ1n) is 9.23. The van der Waals surface area contributed by atoms with Crippen LogP contribution in [0.2, 0.25) is 0 Å². The highest BCUT2D eigenvalue weighted by Gasteiger charge is 2.43. The molecule has 1 aromatic carbocycles. The first kappa shape index (κ1) is 17.7. The van der Waals surface area contributed by atoms with E-state index in [0.29, 0.717) is 17.7 Å². The predicted molar refractivity (Wildman–Crippen MR) is 108 cm³/mol. The van der Waals surface area contributed by atoms with Crippen molar-refractivity contribution in [2.24, 2.45) is 0 Å². The number of amides is 3. The molecule has 4 heterocycles. The van der Waals surface area contributed by atoms with Crippen molar-refractivity contribution in [2.45, 2.75) is 18.5 Å². The van der Waals surface area contributed by atoms with Crippen molar-refractivity contribution in [3.63, 3.8) is 0 Å². The third-order valence-corrected chi connectivity index (χ3v) is 5.99. The van der Waals surface area contributed by atoms with Crippen LogP contribution in [0.25, 0.3) is 11.1 Å². The monoisotopic (exact) mass is 407 g/mol. The molecule has 3 amide bonds. The van der Waals surface area contributed by atoms with Crippen LogP contribution in [-0.2, 0) is 4.79 Å². The molecule has 5 rings (SSSR count). The van der Waals surface area contributed by atoms with Gasteiger partial charge in [-0.25, -0.2) is 0 Å². The number of benzene rings is 1. The molecule has 146 valence electrons. The minimum Gasteiger partial charge on any atom is -0.459 e. The Morgan fingerprint density at radius 3 is 2.86 bits per heavy atom. The van der Waals surface area contributed by atoms with E-state index in [1.807, 2.05) is 29.0 Å². The summed E-state index contributed by atoms with van der Waals surface area (Å²) in [7, 11) is 0. The summed E-state index contributed by atoms with van der Waals surface area (Å²) in [5.74, 6) is -0.607. The Morgan fingerprint density at radius 1 is 1.21 bits per heavy atom. The maximum absolute atomic E-state index is 13.3. The summed E-state index contributed by atoms with van der Waals surface area (Å²) in [5, 5.41) is 9.71. The third kappa shape index (κ3) is 3.11. The zero-order valence-electron chi connectivity index (χ0n) is 15.3. The minimum absolute atomic E-state index is 0.202. The number of hydrogen-bond acceptors (Lipinski definition) is 5. The summed E-state index contributed by atoms with van der Waals surface area (Å²) in [4.78, 5) is 39.8. The molecule has 1 saturated heterocycles. The lowest BCUT2D eigenvalue weighted by molar-refractivity contribution is -0.119. The Balaban J connectivity index is 1.41. The van der Waals surface area contributed by atoms with Crippen molar-refractivity contribution in [1.82, 2.24) is 10.2 Å². The van der Waals surface area contributed by atoms with E-state index < -0.39 is 6.04 Å². The molecule has 8 heteroatoms. The maximum Gasteiger partial charge on any atom is 0.287 e. The van der Waals surface area contributed by atoms with E-state index in [1.165, 1.54) is 6.26 Å².